The minimum Gasteiger partial charge on any atom is -0.453 e. The van der Waals surface area contributed by atoms with Crippen molar-refractivity contribution in [3.05, 3.63) is 60.1 Å². The van der Waals surface area contributed by atoms with Gasteiger partial charge in [-0.25, -0.2) is 0 Å². The SMILES string of the molecule is Cc1c(C(=O)CSc2nnc(-c3ccncc3)n2C2CC2)oc2ccccc12. The highest BCUT2D eigenvalue weighted by Gasteiger charge is 2.30. The minimum atomic E-state index is -0.0329. The highest BCUT2D eigenvalue weighted by Crippen LogP contribution is 2.41. The van der Waals surface area contributed by atoms with Gasteiger partial charge in [0.05, 0.1) is 5.75 Å². The number of hydrogen-bond donors (Lipinski definition) is 0. The number of nitrogens with zero attached hydrogens (tertiary/aromatic N) is 4. The summed E-state index contributed by atoms with van der Waals surface area (Å²) in [5, 5.41) is 10.5. The Morgan fingerprint density at radius 3 is 2.71 bits per heavy atom. The van der Waals surface area contributed by atoms with E-state index in [2.05, 4.69) is 19.7 Å². The first-order valence-corrected chi connectivity index (χ1v) is 10.2. The molecule has 140 valence electrons. The molecule has 0 aliphatic heterocycles. The van der Waals surface area contributed by atoms with E-state index in [1.807, 2.05) is 43.3 Å². The Kier molecular flexibility index (Phi) is 4.24. The number of benzene rings is 1. The largest absolute Gasteiger partial charge is 0.453 e. The molecule has 4 aromatic rings. The highest BCUT2D eigenvalue weighted by molar-refractivity contribution is 7.99. The van der Waals surface area contributed by atoms with Gasteiger partial charge < -0.3 is 4.42 Å². The predicted octanol–water partition coefficient (Wildman–Crippen LogP) is 4.70. The van der Waals surface area contributed by atoms with Crippen LogP contribution in [0.3, 0.4) is 0 Å². The number of rotatable bonds is 6. The number of carbonyl (C=O) groups excluding carboxylic acids is 1. The van der Waals surface area contributed by atoms with Gasteiger partial charge in [0.1, 0.15) is 5.58 Å². The summed E-state index contributed by atoms with van der Waals surface area (Å²) >= 11 is 1.42. The molecule has 3 heterocycles. The fourth-order valence-corrected chi connectivity index (χ4v) is 4.24. The second-order valence-corrected chi connectivity index (χ2v) is 7.85. The third-order valence-corrected chi connectivity index (χ3v) is 5.89. The molecule has 0 bridgehead atoms. The van der Waals surface area contributed by atoms with E-state index in [9.17, 15) is 4.79 Å². The van der Waals surface area contributed by atoms with Gasteiger partial charge in [-0.05, 0) is 38.0 Å². The lowest BCUT2D eigenvalue weighted by Gasteiger charge is -2.08. The van der Waals surface area contributed by atoms with Gasteiger partial charge in [-0.2, -0.15) is 0 Å². The number of aryl methyl sites for hydroxylation is 1. The van der Waals surface area contributed by atoms with Gasteiger partial charge in [0, 0.05) is 34.9 Å². The second kappa shape index (κ2) is 6.91. The molecule has 0 amide bonds. The molecular formula is C21H18N4O2S. The molecule has 1 fully saturated rings. The molecular weight excluding hydrogens is 372 g/mol. The smallest absolute Gasteiger partial charge is 0.208 e. The van der Waals surface area contributed by atoms with Gasteiger partial charge in [0.25, 0.3) is 0 Å². The third-order valence-electron chi connectivity index (χ3n) is 4.94. The number of Topliss-reactive ketones (excluding diaryl/α,β-unsaturated/α-hetero) is 1. The van der Waals surface area contributed by atoms with Crippen LogP contribution in [0.1, 0.15) is 35.0 Å². The van der Waals surface area contributed by atoms with Crippen molar-refractivity contribution in [2.24, 2.45) is 0 Å². The summed E-state index contributed by atoms with van der Waals surface area (Å²) in [5.41, 5.74) is 2.62. The number of fused-ring (bicyclic) bond motifs is 1. The quantitative estimate of drug-likeness (QED) is 0.351. The molecule has 1 aliphatic rings. The molecule has 0 spiro atoms. The zero-order valence-corrected chi connectivity index (χ0v) is 16.1. The first-order chi connectivity index (χ1) is 13.7. The topological polar surface area (TPSA) is 73.8 Å². The molecule has 6 nitrogen and oxygen atoms in total. The molecule has 3 aromatic heterocycles. The fraction of sp³-hybridized carbons (Fsp3) is 0.238. The van der Waals surface area contributed by atoms with E-state index < -0.39 is 0 Å². The average molecular weight is 390 g/mol. The van der Waals surface area contributed by atoms with Crippen molar-refractivity contribution in [2.45, 2.75) is 31.0 Å². The van der Waals surface area contributed by atoms with Crippen LogP contribution < -0.4 is 0 Å². The van der Waals surface area contributed by atoms with Crippen LogP contribution in [0, 0.1) is 6.92 Å². The fourth-order valence-electron chi connectivity index (χ4n) is 3.37. The first-order valence-electron chi connectivity index (χ1n) is 9.22. The van der Waals surface area contributed by atoms with Gasteiger partial charge in [0.2, 0.25) is 5.78 Å². The summed E-state index contributed by atoms with van der Waals surface area (Å²) in [4.78, 5) is 16.9. The average Bonchev–Trinajstić information content (AvgIpc) is 3.40. The molecule has 1 aliphatic carbocycles. The maximum atomic E-state index is 12.8. The van der Waals surface area contributed by atoms with E-state index in [1.54, 1.807) is 12.4 Å². The summed E-state index contributed by atoms with van der Waals surface area (Å²) in [7, 11) is 0. The standard InChI is InChI=1S/C21H18N4O2S/c1-13-16-4-2-3-5-18(16)27-19(13)17(26)12-28-21-24-23-20(25(21)15-6-7-15)14-8-10-22-11-9-14/h2-5,8-11,15H,6-7,12H2,1H3. The Balaban J connectivity index is 1.40. The normalized spacial score (nSPS) is 13.9. The van der Waals surface area contributed by atoms with E-state index in [0.717, 1.165) is 45.9 Å². The molecule has 1 aromatic carbocycles. The van der Waals surface area contributed by atoms with Crippen molar-refractivity contribution in [1.29, 1.82) is 0 Å². The molecule has 7 heteroatoms. The van der Waals surface area contributed by atoms with Gasteiger partial charge in [0.15, 0.2) is 16.7 Å². The van der Waals surface area contributed by atoms with Crippen LogP contribution >= 0.6 is 11.8 Å². The number of hydrogen-bond acceptors (Lipinski definition) is 6. The Bertz CT molecular complexity index is 1160. The maximum absolute atomic E-state index is 12.8. The molecule has 1 saturated carbocycles. The van der Waals surface area contributed by atoms with Crippen LogP contribution in [0.5, 0.6) is 0 Å². The monoisotopic (exact) mass is 390 g/mol. The lowest BCUT2D eigenvalue weighted by atomic mass is 10.1. The number of thioether (sulfide) groups is 1. The van der Waals surface area contributed by atoms with Crippen LogP contribution in [0.2, 0.25) is 0 Å². The van der Waals surface area contributed by atoms with Crippen molar-refractivity contribution in [3.63, 3.8) is 0 Å². The number of furan rings is 1. The summed E-state index contributed by atoms with van der Waals surface area (Å²) < 4.78 is 7.95. The van der Waals surface area contributed by atoms with Gasteiger partial charge in [-0.3, -0.25) is 14.3 Å². The van der Waals surface area contributed by atoms with E-state index in [0.29, 0.717) is 11.8 Å². The number of pyridine rings is 1. The van der Waals surface area contributed by atoms with Gasteiger partial charge in [-0.1, -0.05) is 30.0 Å². The highest BCUT2D eigenvalue weighted by atomic mass is 32.2. The summed E-state index contributed by atoms with van der Waals surface area (Å²) in [6.07, 6.45) is 5.73. The second-order valence-electron chi connectivity index (χ2n) is 6.91. The predicted molar refractivity (Wildman–Crippen MR) is 108 cm³/mol. The van der Waals surface area contributed by atoms with E-state index in [1.165, 1.54) is 11.8 Å². The zero-order valence-electron chi connectivity index (χ0n) is 15.3. The number of para-hydroxylation sites is 1. The minimum absolute atomic E-state index is 0.0329. The Morgan fingerprint density at radius 2 is 1.96 bits per heavy atom. The Labute approximate surface area is 166 Å². The van der Waals surface area contributed by atoms with E-state index in [4.69, 9.17) is 4.42 Å². The number of ketones is 1. The van der Waals surface area contributed by atoms with Crippen molar-refractivity contribution < 1.29 is 9.21 Å². The summed E-state index contributed by atoms with van der Waals surface area (Å²) in [6, 6.07) is 12.0. The lowest BCUT2D eigenvalue weighted by Crippen LogP contribution is -2.05. The lowest BCUT2D eigenvalue weighted by molar-refractivity contribution is 0.0993. The van der Waals surface area contributed by atoms with Crippen LogP contribution in [0.4, 0.5) is 0 Å². The number of aromatic nitrogens is 4. The Morgan fingerprint density at radius 1 is 1.18 bits per heavy atom. The summed E-state index contributed by atoms with van der Waals surface area (Å²) in [6.45, 7) is 1.93. The van der Waals surface area contributed by atoms with Crippen molar-refractivity contribution in [2.75, 3.05) is 5.75 Å². The molecule has 0 N–H and O–H groups in total. The van der Waals surface area contributed by atoms with Gasteiger partial charge in [-0.15, -0.1) is 10.2 Å². The van der Waals surface area contributed by atoms with Crippen LogP contribution in [-0.2, 0) is 0 Å². The molecule has 0 unspecified atom stereocenters. The molecule has 0 atom stereocenters. The molecule has 0 radical (unpaired) electrons. The van der Waals surface area contributed by atoms with Gasteiger partial charge >= 0.3 is 0 Å². The first kappa shape index (κ1) is 17.2. The third kappa shape index (κ3) is 3.01. The maximum Gasteiger partial charge on any atom is 0.208 e. The van der Waals surface area contributed by atoms with Crippen molar-refractivity contribution in [1.82, 2.24) is 19.7 Å². The van der Waals surface area contributed by atoms with Crippen LogP contribution in [-0.4, -0.2) is 31.3 Å². The van der Waals surface area contributed by atoms with Crippen LogP contribution in [0.15, 0.2) is 58.4 Å². The molecule has 28 heavy (non-hydrogen) atoms. The van der Waals surface area contributed by atoms with Crippen LogP contribution in [0.25, 0.3) is 22.4 Å². The number of carbonyl (C=O) groups is 1. The van der Waals surface area contributed by atoms with E-state index >= 15 is 0 Å². The molecule has 5 rings (SSSR count). The van der Waals surface area contributed by atoms with E-state index in [-0.39, 0.29) is 11.5 Å². The zero-order chi connectivity index (χ0) is 19.1. The molecule has 0 saturated heterocycles. The Hall–Kier alpha value is -2.93. The van der Waals surface area contributed by atoms with Crippen molar-refractivity contribution >= 4 is 28.5 Å². The van der Waals surface area contributed by atoms with Crippen molar-refractivity contribution in [3.8, 4) is 11.4 Å². The summed E-state index contributed by atoms with van der Waals surface area (Å²) in [5.74, 6) is 1.50.